The van der Waals surface area contributed by atoms with Crippen molar-refractivity contribution in [2.24, 2.45) is 0 Å². The van der Waals surface area contributed by atoms with Crippen LogP contribution in [0.3, 0.4) is 0 Å². The number of anilines is 1. The molecule has 0 saturated heterocycles. The second-order valence-corrected chi connectivity index (χ2v) is 5.32. The molecule has 21 heavy (non-hydrogen) atoms. The molecule has 0 fully saturated rings. The smallest absolute Gasteiger partial charge is 0.248 e. The lowest BCUT2D eigenvalue weighted by atomic mass is 10.2. The van der Waals surface area contributed by atoms with Crippen molar-refractivity contribution < 1.29 is 4.79 Å². The van der Waals surface area contributed by atoms with Gasteiger partial charge < -0.3 is 0 Å². The summed E-state index contributed by atoms with van der Waals surface area (Å²) in [5.41, 5.74) is 0.446. The predicted octanol–water partition coefficient (Wildman–Crippen LogP) is 1.20. The van der Waals surface area contributed by atoms with Crippen LogP contribution in [0.5, 0.6) is 0 Å². The SMILES string of the molecule is Cc1nc(NC(=O)Cn2ncc(=O)c3ccccc32)ns1. The van der Waals surface area contributed by atoms with Gasteiger partial charge in [0.25, 0.3) is 0 Å². The minimum Gasteiger partial charge on any atom is -0.292 e. The zero-order valence-corrected chi connectivity index (χ0v) is 11.9. The van der Waals surface area contributed by atoms with Gasteiger partial charge in [0.05, 0.1) is 11.7 Å². The molecule has 0 aliphatic rings. The molecule has 0 aliphatic carbocycles. The van der Waals surface area contributed by atoms with Crippen LogP contribution >= 0.6 is 11.5 Å². The molecule has 106 valence electrons. The summed E-state index contributed by atoms with van der Waals surface area (Å²) < 4.78 is 5.47. The summed E-state index contributed by atoms with van der Waals surface area (Å²) in [6.07, 6.45) is 1.21. The number of fused-ring (bicyclic) bond motifs is 1. The van der Waals surface area contributed by atoms with Crippen LogP contribution in [0.1, 0.15) is 5.01 Å². The van der Waals surface area contributed by atoms with Gasteiger partial charge in [0.1, 0.15) is 11.6 Å². The van der Waals surface area contributed by atoms with E-state index in [-0.39, 0.29) is 23.8 Å². The molecule has 2 heterocycles. The van der Waals surface area contributed by atoms with Gasteiger partial charge in [-0.05, 0) is 30.6 Å². The summed E-state index contributed by atoms with van der Waals surface area (Å²) >= 11 is 1.22. The van der Waals surface area contributed by atoms with Crippen molar-refractivity contribution in [2.75, 3.05) is 5.32 Å². The van der Waals surface area contributed by atoms with Crippen molar-refractivity contribution in [1.82, 2.24) is 19.1 Å². The summed E-state index contributed by atoms with van der Waals surface area (Å²) in [6, 6.07) is 7.03. The van der Waals surface area contributed by atoms with Gasteiger partial charge in [0.2, 0.25) is 17.3 Å². The number of rotatable bonds is 3. The summed E-state index contributed by atoms with van der Waals surface area (Å²) in [5, 5.41) is 7.90. The lowest BCUT2D eigenvalue weighted by molar-refractivity contribution is -0.116. The van der Waals surface area contributed by atoms with E-state index in [2.05, 4.69) is 19.8 Å². The molecular weight excluding hydrogens is 290 g/mol. The molecule has 1 aromatic carbocycles. The number of hydrogen-bond acceptors (Lipinski definition) is 6. The van der Waals surface area contributed by atoms with Crippen LogP contribution < -0.4 is 10.7 Å². The van der Waals surface area contributed by atoms with E-state index in [4.69, 9.17) is 0 Å². The van der Waals surface area contributed by atoms with Crippen LogP contribution in [0.2, 0.25) is 0 Å². The molecule has 0 spiro atoms. The highest BCUT2D eigenvalue weighted by atomic mass is 32.1. The third-order valence-corrected chi connectivity index (χ3v) is 3.45. The molecule has 3 rings (SSSR count). The first-order valence-electron chi connectivity index (χ1n) is 6.18. The Kier molecular flexibility index (Phi) is 3.44. The van der Waals surface area contributed by atoms with Crippen molar-refractivity contribution in [1.29, 1.82) is 0 Å². The van der Waals surface area contributed by atoms with Crippen molar-refractivity contribution in [3.8, 4) is 0 Å². The van der Waals surface area contributed by atoms with Gasteiger partial charge >= 0.3 is 0 Å². The third-order valence-electron chi connectivity index (χ3n) is 2.83. The number of nitrogens with one attached hydrogen (secondary N) is 1. The monoisotopic (exact) mass is 301 g/mol. The Hall–Kier alpha value is -2.61. The van der Waals surface area contributed by atoms with Crippen LogP contribution in [-0.4, -0.2) is 25.0 Å². The molecule has 8 heteroatoms. The topological polar surface area (TPSA) is 89.8 Å². The molecule has 3 aromatic rings. The number of carbonyl (C=O) groups excluding carboxylic acids is 1. The lowest BCUT2D eigenvalue weighted by Gasteiger charge is -2.08. The Bertz CT molecular complexity index is 870. The van der Waals surface area contributed by atoms with E-state index >= 15 is 0 Å². The van der Waals surface area contributed by atoms with Crippen LogP contribution in [0.15, 0.2) is 35.3 Å². The van der Waals surface area contributed by atoms with Crippen molar-refractivity contribution in [2.45, 2.75) is 13.5 Å². The average Bonchev–Trinajstić information content (AvgIpc) is 2.87. The van der Waals surface area contributed by atoms with Crippen LogP contribution in [-0.2, 0) is 11.3 Å². The van der Waals surface area contributed by atoms with Crippen LogP contribution in [0, 0.1) is 6.92 Å². The van der Waals surface area contributed by atoms with Crippen molar-refractivity contribution in [3.05, 3.63) is 45.7 Å². The maximum atomic E-state index is 12.0. The van der Waals surface area contributed by atoms with Gasteiger partial charge in [-0.15, -0.1) is 0 Å². The fourth-order valence-corrected chi connectivity index (χ4v) is 2.37. The number of carbonyl (C=O) groups is 1. The minimum absolute atomic E-state index is 0.0148. The summed E-state index contributed by atoms with van der Waals surface area (Å²) in [5.74, 6) is -0.0121. The number of nitrogens with zero attached hydrogens (tertiary/aromatic N) is 4. The average molecular weight is 301 g/mol. The second kappa shape index (κ2) is 5.41. The Labute approximate surface area is 123 Å². The molecule has 0 aliphatic heterocycles. The maximum Gasteiger partial charge on any atom is 0.248 e. The largest absolute Gasteiger partial charge is 0.292 e. The quantitative estimate of drug-likeness (QED) is 0.785. The van der Waals surface area contributed by atoms with Gasteiger partial charge in [-0.25, -0.2) is 4.98 Å². The Balaban J connectivity index is 1.86. The highest BCUT2D eigenvalue weighted by Gasteiger charge is 2.10. The van der Waals surface area contributed by atoms with Gasteiger partial charge in [0.15, 0.2) is 0 Å². The summed E-state index contributed by atoms with van der Waals surface area (Å²) in [7, 11) is 0. The summed E-state index contributed by atoms with van der Waals surface area (Å²) in [4.78, 5) is 27.8. The fraction of sp³-hybridized carbons (Fsp3) is 0.154. The second-order valence-electron chi connectivity index (χ2n) is 4.37. The molecule has 7 nitrogen and oxygen atoms in total. The molecule has 0 unspecified atom stereocenters. The molecule has 1 N–H and O–H groups in total. The first-order valence-corrected chi connectivity index (χ1v) is 6.96. The number of aromatic nitrogens is 4. The third kappa shape index (κ3) is 2.79. The fourth-order valence-electron chi connectivity index (χ4n) is 1.94. The Morgan fingerprint density at radius 1 is 1.38 bits per heavy atom. The number of amides is 1. The molecule has 0 bridgehead atoms. The number of para-hydroxylation sites is 1. The summed E-state index contributed by atoms with van der Waals surface area (Å²) in [6.45, 7) is 1.79. The lowest BCUT2D eigenvalue weighted by Crippen LogP contribution is -2.22. The highest BCUT2D eigenvalue weighted by Crippen LogP contribution is 2.09. The number of aryl methyl sites for hydroxylation is 1. The minimum atomic E-state index is -0.297. The Morgan fingerprint density at radius 3 is 2.95 bits per heavy atom. The van der Waals surface area contributed by atoms with Crippen LogP contribution in [0.25, 0.3) is 10.9 Å². The molecule has 0 saturated carbocycles. The standard InChI is InChI=1S/C13H11N5O2S/c1-8-15-13(17-21-8)16-12(20)7-18-10-5-3-2-4-9(10)11(19)6-14-18/h2-6H,7H2,1H3,(H,16,17,20). The van der Waals surface area contributed by atoms with E-state index in [1.54, 1.807) is 24.3 Å². The van der Waals surface area contributed by atoms with E-state index in [0.29, 0.717) is 10.9 Å². The van der Waals surface area contributed by atoms with Gasteiger partial charge in [-0.3, -0.25) is 19.6 Å². The maximum absolute atomic E-state index is 12.0. The first-order chi connectivity index (χ1) is 10.1. The predicted molar refractivity (Wildman–Crippen MR) is 79.3 cm³/mol. The molecule has 0 radical (unpaired) electrons. The molecule has 1 amide bonds. The van der Waals surface area contributed by atoms with Crippen molar-refractivity contribution >= 4 is 34.3 Å². The zero-order valence-electron chi connectivity index (χ0n) is 11.1. The zero-order chi connectivity index (χ0) is 14.8. The van der Waals surface area contributed by atoms with E-state index in [0.717, 1.165) is 5.01 Å². The van der Waals surface area contributed by atoms with E-state index < -0.39 is 0 Å². The van der Waals surface area contributed by atoms with E-state index in [9.17, 15) is 9.59 Å². The van der Waals surface area contributed by atoms with E-state index in [1.165, 1.54) is 22.4 Å². The van der Waals surface area contributed by atoms with Crippen molar-refractivity contribution in [3.63, 3.8) is 0 Å². The first kappa shape index (κ1) is 13.4. The number of benzene rings is 1. The van der Waals surface area contributed by atoms with Gasteiger partial charge in [-0.1, -0.05) is 12.1 Å². The van der Waals surface area contributed by atoms with E-state index in [1.807, 2.05) is 6.92 Å². The number of hydrogen-bond donors (Lipinski definition) is 1. The molecule has 2 aromatic heterocycles. The van der Waals surface area contributed by atoms with Gasteiger partial charge in [-0.2, -0.15) is 9.47 Å². The normalized spacial score (nSPS) is 10.7. The molecular formula is C13H11N5O2S. The van der Waals surface area contributed by atoms with Gasteiger partial charge in [0, 0.05) is 5.39 Å². The van der Waals surface area contributed by atoms with Crippen LogP contribution in [0.4, 0.5) is 5.95 Å². The highest BCUT2D eigenvalue weighted by molar-refractivity contribution is 7.05. The Morgan fingerprint density at radius 2 is 2.19 bits per heavy atom. The molecule has 0 atom stereocenters.